The Bertz CT molecular complexity index is 40.1. The van der Waals surface area contributed by atoms with Gasteiger partial charge in [0.05, 0.1) is 0 Å². The summed E-state index contributed by atoms with van der Waals surface area (Å²) in [7, 11) is 5.08. The van der Waals surface area contributed by atoms with Gasteiger partial charge in [-0.2, -0.15) is 0 Å². The molecule has 0 atom stereocenters. The van der Waals surface area contributed by atoms with Crippen LogP contribution in [0.1, 0.15) is 19.3 Å². The molecule has 0 amide bonds. The molecule has 2 heteroatoms. The summed E-state index contributed by atoms with van der Waals surface area (Å²) in [6.07, 6.45) is 3.90. The quantitative estimate of drug-likeness (QED) is 0.445. The number of hydrogen-bond donors (Lipinski definition) is 1. The fourth-order valence-corrected chi connectivity index (χ4v) is 0.575. The molecule has 1 nitrogen and oxygen atoms in total. The molecular weight excluding hydrogens is 72.9 g/mol. The van der Waals surface area contributed by atoms with Gasteiger partial charge in [-0.15, -0.1) is 0 Å². The van der Waals surface area contributed by atoms with E-state index in [0.29, 0.717) is 6.04 Å². The van der Waals surface area contributed by atoms with Crippen LogP contribution in [0.25, 0.3) is 0 Å². The zero-order chi connectivity index (χ0) is 4.41. The molecule has 6 heavy (non-hydrogen) atoms. The normalized spacial score (nSPS) is 23.3. The van der Waals surface area contributed by atoms with Gasteiger partial charge in [-0.25, -0.2) is 0 Å². The van der Waals surface area contributed by atoms with E-state index in [4.69, 9.17) is 7.98 Å². The fraction of sp³-hybridized carbons (Fsp3) is 1.00. The highest BCUT2D eigenvalue weighted by atomic mass is 14.8. The Morgan fingerprint density at radius 2 is 2.17 bits per heavy atom. The van der Waals surface area contributed by atoms with Crippen molar-refractivity contribution in [2.24, 2.45) is 0 Å². The summed E-state index contributed by atoms with van der Waals surface area (Å²) in [6.45, 7) is 0. The van der Waals surface area contributed by atoms with E-state index in [-0.39, 0.29) is 0 Å². The minimum Gasteiger partial charge on any atom is -0.364 e. The molecule has 1 fully saturated rings. The zero-order valence-electron chi connectivity index (χ0n) is 3.78. The van der Waals surface area contributed by atoms with Crippen molar-refractivity contribution in [2.75, 3.05) is 0 Å². The van der Waals surface area contributed by atoms with Crippen LogP contribution in [0.5, 0.6) is 0 Å². The first-order chi connectivity index (χ1) is 2.93. The second-order valence-corrected chi connectivity index (χ2v) is 1.79. The predicted molar refractivity (Wildman–Crippen MR) is 26.5 cm³/mol. The molecule has 1 rings (SSSR count). The third-order valence-electron chi connectivity index (χ3n) is 1.34. The van der Waals surface area contributed by atoms with Gasteiger partial charge < -0.3 is 5.23 Å². The fourth-order valence-electron chi connectivity index (χ4n) is 0.575. The first-order valence-corrected chi connectivity index (χ1v) is 2.39. The maximum Gasteiger partial charge on any atom is 0.178 e. The lowest BCUT2D eigenvalue weighted by Gasteiger charge is -2.24. The summed E-state index contributed by atoms with van der Waals surface area (Å²) in [5.41, 5.74) is 0. The summed E-state index contributed by atoms with van der Waals surface area (Å²) in [5, 5.41) is 2.70. The minimum absolute atomic E-state index is 0.644. The highest BCUT2D eigenvalue weighted by Crippen LogP contribution is 2.16. The molecule has 0 bridgehead atoms. The van der Waals surface area contributed by atoms with Crippen molar-refractivity contribution in [1.29, 1.82) is 0 Å². The SMILES string of the molecule is [B]NC1CCC1. The molecule has 0 unspecified atom stereocenters. The molecule has 0 heterocycles. The van der Waals surface area contributed by atoms with Crippen LogP contribution in [0.15, 0.2) is 0 Å². The Kier molecular flexibility index (Phi) is 1.15. The Balaban J connectivity index is 2.01. The van der Waals surface area contributed by atoms with Crippen LogP contribution in [-0.4, -0.2) is 14.0 Å². The molecule has 0 spiro atoms. The average Bonchev–Trinajstić information content (AvgIpc) is 1.31. The van der Waals surface area contributed by atoms with Crippen molar-refractivity contribution in [2.45, 2.75) is 25.3 Å². The van der Waals surface area contributed by atoms with Crippen LogP contribution >= 0.6 is 0 Å². The van der Waals surface area contributed by atoms with Crippen molar-refractivity contribution in [3.8, 4) is 0 Å². The second kappa shape index (κ2) is 1.65. The topological polar surface area (TPSA) is 12.0 Å². The van der Waals surface area contributed by atoms with Crippen molar-refractivity contribution in [3.63, 3.8) is 0 Å². The molecule has 0 saturated heterocycles. The lowest BCUT2D eigenvalue weighted by atomic mass is 9.92. The molecule has 1 saturated carbocycles. The van der Waals surface area contributed by atoms with Crippen LogP contribution in [0, 0.1) is 0 Å². The molecule has 1 N–H and O–H groups in total. The largest absolute Gasteiger partial charge is 0.364 e. The maximum atomic E-state index is 5.08. The van der Waals surface area contributed by atoms with Gasteiger partial charge in [0.15, 0.2) is 7.98 Å². The molecule has 0 aromatic carbocycles. The van der Waals surface area contributed by atoms with E-state index < -0.39 is 0 Å². The number of rotatable bonds is 1. The Labute approximate surface area is 39.6 Å². The van der Waals surface area contributed by atoms with Gasteiger partial charge in [0.2, 0.25) is 0 Å². The summed E-state index contributed by atoms with van der Waals surface area (Å²) in [6, 6.07) is 0.644. The zero-order valence-corrected chi connectivity index (χ0v) is 3.78. The molecule has 1 aliphatic rings. The van der Waals surface area contributed by atoms with E-state index in [1.54, 1.807) is 0 Å². The summed E-state index contributed by atoms with van der Waals surface area (Å²) in [4.78, 5) is 0. The third-order valence-corrected chi connectivity index (χ3v) is 1.34. The summed E-state index contributed by atoms with van der Waals surface area (Å²) < 4.78 is 0. The molecule has 2 radical (unpaired) electrons. The smallest absolute Gasteiger partial charge is 0.178 e. The monoisotopic (exact) mass is 81.1 g/mol. The number of hydrogen-bond acceptors (Lipinski definition) is 1. The average molecular weight is 80.9 g/mol. The summed E-state index contributed by atoms with van der Waals surface area (Å²) >= 11 is 0. The van der Waals surface area contributed by atoms with Crippen molar-refractivity contribution >= 4 is 7.98 Å². The predicted octanol–water partition coefficient (Wildman–Crippen LogP) is 0.212. The van der Waals surface area contributed by atoms with E-state index >= 15 is 0 Å². The third kappa shape index (κ3) is 0.572. The van der Waals surface area contributed by atoms with Crippen LogP contribution < -0.4 is 5.23 Å². The van der Waals surface area contributed by atoms with Crippen molar-refractivity contribution < 1.29 is 0 Å². The maximum absolute atomic E-state index is 5.08. The van der Waals surface area contributed by atoms with Crippen LogP contribution in [-0.2, 0) is 0 Å². The standard InChI is InChI=1S/C4H8BN/c5-6-4-2-1-3-4/h4,6H,1-3H2. The van der Waals surface area contributed by atoms with Gasteiger partial charge in [-0.1, -0.05) is 6.42 Å². The highest BCUT2D eigenvalue weighted by molar-refractivity contribution is 6.04. The van der Waals surface area contributed by atoms with Gasteiger partial charge in [0.1, 0.15) is 0 Å². The highest BCUT2D eigenvalue weighted by Gasteiger charge is 2.12. The van der Waals surface area contributed by atoms with Gasteiger partial charge in [-0.05, 0) is 18.9 Å². The van der Waals surface area contributed by atoms with E-state index in [1.807, 2.05) is 0 Å². The Hall–Kier alpha value is 0.0249. The molecule has 0 aromatic heterocycles. The Morgan fingerprint density at radius 3 is 2.17 bits per heavy atom. The van der Waals surface area contributed by atoms with Gasteiger partial charge >= 0.3 is 0 Å². The Morgan fingerprint density at radius 1 is 1.50 bits per heavy atom. The summed E-state index contributed by atoms with van der Waals surface area (Å²) in [5.74, 6) is 0. The van der Waals surface area contributed by atoms with E-state index in [1.165, 1.54) is 19.3 Å². The van der Waals surface area contributed by atoms with Crippen LogP contribution in [0.4, 0.5) is 0 Å². The van der Waals surface area contributed by atoms with Gasteiger partial charge in [-0.3, -0.25) is 0 Å². The van der Waals surface area contributed by atoms with Gasteiger partial charge in [0, 0.05) is 0 Å². The lowest BCUT2D eigenvalue weighted by molar-refractivity contribution is 0.391. The van der Waals surface area contributed by atoms with E-state index in [0.717, 1.165) is 0 Å². The van der Waals surface area contributed by atoms with Crippen molar-refractivity contribution in [1.82, 2.24) is 5.23 Å². The van der Waals surface area contributed by atoms with Crippen LogP contribution in [0.2, 0.25) is 0 Å². The van der Waals surface area contributed by atoms with Crippen LogP contribution in [0.3, 0.4) is 0 Å². The minimum atomic E-state index is 0.644. The van der Waals surface area contributed by atoms with E-state index in [2.05, 4.69) is 5.23 Å². The van der Waals surface area contributed by atoms with Gasteiger partial charge in [0.25, 0.3) is 0 Å². The molecule has 32 valence electrons. The molecular formula is C4H8BN. The first kappa shape index (κ1) is 4.19. The molecule has 1 aliphatic carbocycles. The molecule has 0 aliphatic heterocycles. The lowest BCUT2D eigenvalue weighted by Crippen LogP contribution is -2.32. The number of nitrogens with one attached hydrogen (secondary N) is 1. The second-order valence-electron chi connectivity index (χ2n) is 1.79. The van der Waals surface area contributed by atoms with Crippen molar-refractivity contribution in [3.05, 3.63) is 0 Å². The molecule has 0 aromatic rings. The first-order valence-electron chi connectivity index (χ1n) is 2.39. The van der Waals surface area contributed by atoms with E-state index in [9.17, 15) is 0 Å².